The van der Waals surface area contributed by atoms with Crippen molar-refractivity contribution in [2.24, 2.45) is 0 Å². The maximum absolute atomic E-state index is 2.42. The Balaban J connectivity index is 1.85. The van der Waals surface area contributed by atoms with Gasteiger partial charge in [0.1, 0.15) is 10.5 Å². The normalized spacial score (nSPS) is 30.4. The maximum Gasteiger partial charge on any atom is 0.163 e. The van der Waals surface area contributed by atoms with Crippen molar-refractivity contribution in [3.8, 4) is 0 Å². The summed E-state index contributed by atoms with van der Waals surface area (Å²) in [5, 5.41) is 4.92. The summed E-state index contributed by atoms with van der Waals surface area (Å²) in [5.41, 5.74) is 0. The quantitative estimate of drug-likeness (QED) is 0.644. The summed E-state index contributed by atoms with van der Waals surface area (Å²) in [4.78, 5) is 1.67. The van der Waals surface area contributed by atoms with Gasteiger partial charge in [0.15, 0.2) is 4.90 Å². The van der Waals surface area contributed by atoms with Crippen LogP contribution in [0.1, 0.15) is 38.5 Å². The van der Waals surface area contributed by atoms with Crippen LogP contribution in [-0.4, -0.2) is 10.5 Å². The van der Waals surface area contributed by atoms with Gasteiger partial charge < -0.3 is 0 Å². The molecule has 0 amide bonds. The average Bonchev–Trinajstić information content (AvgIpc) is 2.46. The van der Waals surface area contributed by atoms with E-state index >= 15 is 0 Å². The molecule has 19 heavy (non-hydrogen) atoms. The molecule has 2 aromatic rings. The van der Waals surface area contributed by atoms with Crippen molar-refractivity contribution in [3.05, 3.63) is 42.5 Å². The van der Waals surface area contributed by atoms with E-state index in [0.29, 0.717) is 10.9 Å². The molecule has 1 heteroatoms. The maximum atomic E-state index is 2.42. The van der Waals surface area contributed by atoms with Crippen LogP contribution >= 0.6 is 0 Å². The largest absolute Gasteiger partial charge is 0.163 e. The van der Waals surface area contributed by atoms with Crippen molar-refractivity contribution in [1.82, 2.24) is 0 Å². The molecule has 0 radical (unpaired) electrons. The van der Waals surface area contributed by atoms with E-state index in [-0.39, 0.29) is 0 Å². The fourth-order valence-corrected chi connectivity index (χ4v) is 7.60. The summed E-state index contributed by atoms with van der Waals surface area (Å²) < 4.78 is 0. The van der Waals surface area contributed by atoms with Gasteiger partial charge in [-0.3, -0.25) is 0 Å². The molecule has 0 aliphatic carbocycles. The summed E-state index contributed by atoms with van der Waals surface area (Å²) >= 11 is 0. The lowest BCUT2D eigenvalue weighted by molar-refractivity contribution is 0.481. The number of rotatable bonds is 1. The van der Waals surface area contributed by atoms with E-state index in [1.54, 1.807) is 4.90 Å². The Morgan fingerprint density at radius 3 is 2.11 bits per heavy atom. The molecule has 0 spiro atoms. The molecule has 4 rings (SSSR count). The molecule has 2 aromatic carbocycles. The Morgan fingerprint density at radius 1 is 0.737 bits per heavy atom. The molecule has 2 aliphatic heterocycles. The van der Waals surface area contributed by atoms with E-state index in [4.69, 9.17) is 0 Å². The first kappa shape index (κ1) is 11.8. The van der Waals surface area contributed by atoms with E-state index in [0.717, 1.165) is 10.5 Å². The monoisotopic (exact) mass is 269 g/mol. The fourth-order valence-electron chi connectivity index (χ4n) is 3.98. The van der Waals surface area contributed by atoms with E-state index < -0.39 is 0 Å². The third-order valence-corrected chi connectivity index (χ3v) is 8.07. The van der Waals surface area contributed by atoms with Gasteiger partial charge >= 0.3 is 0 Å². The summed E-state index contributed by atoms with van der Waals surface area (Å²) in [5.74, 6) is 0. The first-order chi connectivity index (χ1) is 9.43. The van der Waals surface area contributed by atoms with Crippen LogP contribution in [-0.2, 0) is 10.9 Å². The lowest BCUT2D eigenvalue weighted by Gasteiger charge is -2.34. The van der Waals surface area contributed by atoms with Crippen molar-refractivity contribution in [2.45, 2.75) is 53.9 Å². The number of hydrogen-bond acceptors (Lipinski definition) is 0. The van der Waals surface area contributed by atoms with Crippen LogP contribution < -0.4 is 0 Å². The molecule has 0 atom stereocenters. The summed E-state index contributed by atoms with van der Waals surface area (Å²) in [7, 11) is 0.522. The van der Waals surface area contributed by atoms with Crippen LogP contribution in [0.15, 0.2) is 47.4 Å². The minimum atomic E-state index is 0.522. The van der Waals surface area contributed by atoms with Crippen molar-refractivity contribution >= 4 is 21.7 Å². The summed E-state index contributed by atoms with van der Waals surface area (Å²) in [6.45, 7) is 0. The summed E-state index contributed by atoms with van der Waals surface area (Å²) in [6.07, 6.45) is 8.85. The van der Waals surface area contributed by atoms with Crippen LogP contribution in [0.4, 0.5) is 0 Å². The van der Waals surface area contributed by atoms with Gasteiger partial charge in [0.05, 0.1) is 0 Å². The Labute approximate surface area is 118 Å². The number of benzene rings is 2. The first-order valence-corrected chi connectivity index (χ1v) is 8.98. The van der Waals surface area contributed by atoms with E-state index in [9.17, 15) is 0 Å². The van der Waals surface area contributed by atoms with Crippen molar-refractivity contribution in [1.29, 1.82) is 0 Å². The highest BCUT2D eigenvalue weighted by Crippen LogP contribution is 2.43. The van der Waals surface area contributed by atoms with Gasteiger partial charge in [-0.15, -0.1) is 0 Å². The lowest BCUT2D eigenvalue weighted by atomic mass is 9.99. The zero-order valence-electron chi connectivity index (χ0n) is 11.3. The number of hydrogen-bond donors (Lipinski definition) is 0. The molecule has 2 aliphatic rings. The third kappa shape index (κ3) is 1.99. The minimum Gasteiger partial charge on any atom is -0.0616 e. The average molecular weight is 269 g/mol. The molecule has 0 N–H and O–H groups in total. The predicted molar refractivity (Wildman–Crippen MR) is 84.9 cm³/mol. The molecule has 0 nitrogen and oxygen atoms in total. The highest BCUT2D eigenvalue weighted by Gasteiger charge is 2.46. The van der Waals surface area contributed by atoms with Crippen LogP contribution in [0, 0.1) is 0 Å². The summed E-state index contributed by atoms with van der Waals surface area (Å²) in [6, 6.07) is 15.9. The second kappa shape index (κ2) is 4.86. The van der Waals surface area contributed by atoms with Crippen molar-refractivity contribution < 1.29 is 0 Å². The molecule has 2 heterocycles. The molecular weight excluding hydrogens is 248 g/mol. The van der Waals surface area contributed by atoms with E-state index in [2.05, 4.69) is 42.5 Å². The van der Waals surface area contributed by atoms with Gasteiger partial charge in [-0.25, -0.2) is 0 Å². The zero-order valence-corrected chi connectivity index (χ0v) is 12.2. The van der Waals surface area contributed by atoms with E-state index in [1.165, 1.54) is 49.3 Å². The van der Waals surface area contributed by atoms with Crippen LogP contribution in [0.3, 0.4) is 0 Å². The zero-order chi connectivity index (χ0) is 12.7. The molecule has 2 bridgehead atoms. The van der Waals surface area contributed by atoms with Crippen molar-refractivity contribution in [3.63, 3.8) is 0 Å². The minimum absolute atomic E-state index is 0.522. The Hall–Kier alpha value is -0.950. The molecular formula is C18H21S+. The fraction of sp³-hybridized carbons (Fsp3) is 0.444. The molecule has 0 aromatic heterocycles. The second-order valence-corrected chi connectivity index (χ2v) is 8.47. The van der Waals surface area contributed by atoms with Gasteiger partial charge in [0.25, 0.3) is 0 Å². The van der Waals surface area contributed by atoms with Crippen LogP contribution in [0.5, 0.6) is 0 Å². The Morgan fingerprint density at radius 2 is 1.37 bits per heavy atom. The van der Waals surface area contributed by atoms with Gasteiger partial charge in [-0.05, 0) is 56.0 Å². The molecule has 98 valence electrons. The lowest BCUT2D eigenvalue weighted by Crippen LogP contribution is -2.40. The van der Waals surface area contributed by atoms with Gasteiger partial charge in [-0.2, -0.15) is 0 Å². The Kier molecular flexibility index (Phi) is 3.03. The van der Waals surface area contributed by atoms with Crippen molar-refractivity contribution in [2.75, 3.05) is 0 Å². The highest BCUT2D eigenvalue weighted by molar-refractivity contribution is 7.98. The van der Waals surface area contributed by atoms with Crippen LogP contribution in [0.25, 0.3) is 10.8 Å². The number of fused-ring (bicyclic) bond motifs is 3. The highest BCUT2D eigenvalue weighted by atomic mass is 32.2. The predicted octanol–water partition coefficient (Wildman–Crippen LogP) is 4.92. The smallest absolute Gasteiger partial charge is 0.0616 e. The topological polar surface area (TPSA) is 0 Å². The van der Waals surface area contributed by atoms with E-state index in [1.807, 2.05) is 0 Å². The standard InChI is InChI=1S/C18H21S/c1-2-12-17-14(6-1)7-3-13-18(17)19-15-8-4-9-16(19)11-5-10-15/h1-3,6-7,12-13,15-16H,4-5,8-11H2/q+1. The molecule has 2 fully saturated rings. The van der Waals surface area contributed by atoms with Gasteiger partial charge in [-0.1, -0.05) is 30.3 Å². The third-order valence-electron chi connectivity index (χ3n) is 4.83. The van der Waals surface area contributed by atoms with Gasteiger partial charge in [0, 0.05) is 16.3 Å². The molecule has 2 saturated heterocycles. The second-order valence-electron chi connectivity index (χ2n) is 5.95. The Bertz CT molecular complexity index is 562. The van der Waals surface area contributed by atoms with Gasteiger partial charge in [0.2, 0.25) is 0 Å². The SMILES string of the molecule is c1ccc2c([S+]3C4CCCC3CCC4)cccc2c1. The first-order valence-electron chi connectivity index (χ1n) is 7.63. The molecule has 0 unspecified atom stereocenters. The van der Waals surface area contributed by atoms with Crippen LogP contribution in [0.2, 0.25) is 0 Å². The molecule has 0 saturated carbocycles.